The molecule has 3 heteroatoms. The van der Waals surface area contributed by atoms with E-state index in [4.69, 9.17) is 4.74 Å². The Labute approximate surface area is 122 Å². The van der Waals surface area contributed by atoms with E-state index in [0.717, 1.165) is 0 Å². The number of carbonyl (C=O) groups excluding carboxylic acids is 1. The number of ether oxygens (including phenoxy) is 1. The Bertz CT molecular complexity index is 420. The van der Waals surface area contributed by atoms with E-state index in [1.54, 1.807) is 0 Å². The zero-order chi connectivity index (χ0) is 15.3. The summed E-state index contributed by atoms with van der Waals surface area (Å²) in [4.78, 5) is 12.3. The van der Waals surface area contributed by atoms with Crippen molar-refractivity contribution < 1.29 is 9.53 Å². The molecule has 0 bridgehead atoms. The molecule has 0 heterocycles. The molecule has 3 nitrogen and oxygen atoms in total. The lowest BCUT2D eigenvalue weighted by atomic mass is 10.0. The van der Waals surface area contributed by atoms with E-state index < -0.39 is 5.60 Å². The third-order valence-corrected chi connectivity index (χ3v) is 3.06. The molecule has 0 unspecified atom stereocenters. The second kappa shape index (κ2) is 6.89. The summed E-state index contributed by atoms with van der Waals surface area (Å²) in [7, 11) is 0. The summed E-state index contributed by atoms with van der Waals surface area (Å²) in [6, 6.07) is 9.93. The van der Waals surface area contributed by atoms with Gasteiger partial charge in [0.15, 0.2) is 0 Å². The van der Waals surface area contributed by atoms with E-state index in [2.05, 4.69) is 24.4 Å². The van der Waals surface area contributed by atoms with E-state index in [1.807, 2.05) is 52.8 Å². The van der Waals surface area contributed by atoms with Crippen LogP contribution in [0.2, 0.25) is 0 Å². The van der Waals surface area contributed by atoms with Crippen molar-refractivity contribution in [2.45, 2.75) is 59.2 Å². The monoisotopic (exact) mass is 277 g/mol. The summed E-state index contributed by atoms with van der Waals surface area (Å²) in [6.45, 7) is 11.8. The van der Waals surface area contributed by atoms with Gasteiger partial charge in [0.2, 0.25) is 0 Å². The van der Waals surface area contributed by atoms with Gasteiger partial charge in [0.1, 0.15) is 11.6 Å². The van der Waals surface area contributed by atoms with Gasteiger partial charge in [0, 0.05) is 6.04 Å². The van der Waals surface area contributed by atoms with Crippen molar-refractivity contribution >= 4 is 5.97 Å². The Morgan fingerprint density at radius 2 is 1.65 bits per heavy atom. The summed E-state index contributed by atoms with van der Waals surface area (Å²) in [6.07, 6.45) is 0. The maximum Gasteiger partial charge on any atom is 0.323 e. The van der Waals surface area contributed by atoms with Gasteiger partial charge in [-0.2, -0.15) is 0 Å². The smallest absolute Gasteiger partial charge is 0.323 e. The van der Waals surface area contributed by atoms with Crippen LogP contribution in [0.25, 0.3) is 0 Å². The number of benzene rings is 1. The Balaban J connectivity index is 2.75. The molecule has 0 aromatic heterocycles. The van der Waals surface area contributed by atoms with Crippen LogP contribution in [0, 0.1) is 5.92 Å². The Hall–Kier alpha value is -1.35. The van der Waals surface area contributed by atoms with Crippen LogP contribution in [0.3, 0.4) is 0 Å². The molecule has 2 atom stereocenters. The zero-order valence-electron chi connectivity index (χ0n) is 13.4. The van der Waals surface area contributed by atoms with E-state index in [0.29, 0.717) is 0 Å². The predicted molar refractivity (Wildman–Crippen MR) is 82.5 cm³/mol. The van der Waals surface area contributed by atoms with Crippen LogP contribution in [0.4, 0.5) is 0 Å². The summed E-state index contributed by atoms with van der Waals surface area (Å²) in [5, 5.41) is 3.38. The lowest BCUT2D eigenvalue weighted by Gasteiger charge is -2.29. The van der Waals surface area contributed by atoms with Gasteiger partial charge < -0.3 is 4.74 Å². The Morgan fingerprint density at radius 3 is 2.10 bits per heavy atom. The molecule has 0 spiro atoms. The first-order valence-corrected chi connectivity index (χ1v) is 7.24. The van der Waals surface area contributed by atoms with Gasteiger partial charge in [0.25, 0.3) is 0 Å². The SMILES string of the molecule is CC(C)[C@H](N[C@H](C)c1ccccc1)C(=O)OC(C)(C)C. The van der Waals surface area contributed by atoms with E-state index in [9.17, 15) is 4.79 Å². The Kier molecular flexibility index (Phi) is 5.75. The molecule has 0 radical (unpaired) electrons. The summed E-state index contributed by atoms with van der Waals surface area (Å²) >= 11 is 0. The minimum absolute atomic E-state index is 0.108. The van der Waals surface area contributed by atoms with Crippen molar-refractivity contribution in [3.63, 3.8) is 0 Å². The fourth-order valence-corrected chi connectivity index (χ4v) is 2.01. The third kappa shape index (κ3) is 5.33. The van der Waals surface area contributed by atoms with Crippen molar-refractivity contribution in [3.05, 3.63) is 35.9 Å². The number of esters is 1. The van der Waals surface area contributed by atoms with Gasteiger partial charge in [-0.1, -0.05) is 44.2 Å². The molecule has 112 valence electrons. The van der Waals surface area contributed by atoms with Gasteiger partial charge in [0.05, 0.1) is 0 Å². The van der Waals surface area contributed by atoms with Crippen LogP contribution >= 0.6 is 0 Å². The molecular weight excluding hydrogens is 250 g/mol. The lowest BCUT2D eigenvalue weighted by molar-refractivity contribution is -0.159. The normalized spacial score (nSPS) is 14.9. The second-order valence-electron chi connectivity index (χ2n) is 6.55. The Morgan fingerprint density at radius 1 is 1.10 bits per heavy atom. The van der Waals surface area contributed by atoms with Crippen LogP contribution in [0.15, 0.2) is 30.3 Å². The van der Waals surface area contributed by atoms with Gasteiger partial charge in [-0.05, 0) is 39.2 Å². The molecule has 0 aliphatic heterocycles. The van der Waals surface area contributed by atoms with Gasteiger partial charge in [-0.15, -0.1) is 0 Å². The zero-order valence-corrected chi connectivity index (χ0v) is 13.4. The lowest BCUT2D eigenvalue weighted by Crippen LogP contribution is -2.45. The molecule has 0 amide bonds. The second-order valence-corrected chi connectivity index (χ2v) is 6.55. The van der Waals surface area contributed by atoms with Crippen molar-refractivity contribution in [3.8, 4) is 0 Å². The topological polar surface area (TPSA) is 38.3 Å². The molecule has 1 N–H and O–H groups in total. The summed E-state index contributed by atoms with van der Waals surface area (Å²) < 4.78 is 5.50. The van der Waals surface area contributed by atoms with Crippen molar-refractivity contribution in [1.82, 2.24) is 5.32 Å². The van der Waals surface area contributed by atoms with Crippen LogP contribution in [-0.2, 0) is 9.53 Å². The average molecular weight is 277 g/mol. The van der Waals surface area contributed by atoms with Crippen LogP contribution in [0.5, 0.6) is 0 Å². The van der Waals surface area contributed by atoms with Crippen molar-refractivity contribution in [2.24, 2.45) is 5.92 Å². The highest BCUT2D eigenvalue weighted by Gasteiger charge is 2.28. The number of nitrogens with one attached hydrogen (secondary N) is 1. The summed E-state index contributed by atoms with van der Waals surface area (Å²) in [5.41, 5.74) is 0.712. The first kappa shape index (κ1) is 16.7. The molecule has 1 rings (SSSR count). The third-order valence-electron chi connectivity index (χ3n) is 3.06. The maximum absolute atomic E-state index is 12.3. The van der Waals surface area contributed by atoms with E-state index >= 15 is 0 Å². The fraction of sp³-hybridized carbons (Fsp3) is 0.588. The molecule has 0 aliphatic rings. The molecule has 1 aromatic rings. The highest BCUT2D eigenvalue weighted by Crippen LogP contribution is 2.17. The largest absolute Gasteiger partial charge is 0.459 e. The minimum Gasteiger partial charge on any atom is -0.459 e. The van der Waals surface area contributed by atoms with Crippen LogP contribution in [-0.4, -0.2) is 17.6 Å². The summed E-state index contributed by atoms with van der Waals surface area (Å²) in [5.74, 6) is -0.00806. The van der Waals surface area contributed by atoms with E-state index in [-0.39, 0.29) is 24.0 Å². The fourth-order valence-electron chi connectivity index (χ4n) is 2.01. The molecule has 0 fully saturated rings. The van der Waals surface area contributed by atoms with Crippen molar-refractivity contribution in [1.29, 1.82) is 0 Å². The molecule has 0 saturated carbocycles. The average Bonchev–Trinajstić information content (AvgIpc) is 2.34. The molecule has 20 heavy (non-hydrogen) atoms. The number of hydrogen-bond donors (Lipinski definition) is 1. The maximum atomic E-state index is 12.3. The predicted octanol–water partition coefficient (Wildman–Crippen LogP) is 3.70. The number of carbonyl (C=O) groups is 1. The van der Waals surface area contributed by atoms with E-state index in [1.165, 1.54) is 5.56 Å². The van der Waals surface area contributed by atoms with Crippen molar-refractivity contribution in [2.75, 3.05) is 0 Å². The minimum atomic E-state index is -0.456. The van der Waals surface area contributed by atoms with Gasteiger partial charge in [-0.3, -0.25) is 10.1 Å². The highest BCUT2D eigenvalue weighted by molar-refractivity contribution is 5.76. The highest BCUT2D eigenvalue weighted by atomic mass is 16.6. The molecular formula is C17H27NO2. The number of hydrogen-bond acceptors (Lipinski definition) is 3. The first-order chi connectivity index (χ1) is 9.20. The van der Waals surface area contributed by atoms with Gasteiger partial charge >= 0.3 is 5.97 Å². The molecule has 0 saturated heterocycles. The number of rotatable bonds is 5. The first-order valence-electron chi connectivity index (χ1n) is 7.24. The molecule has 1 aromatic carbocycles. The van der Waals surface area contributed by atoms with Crippen LogP contribution in [0.1, 0.15) is 53.1 Å². The molecule has 0 aliphatic carbocycles. The quantitative estimate of drug-likeness (QED) is 0.834. The van der Waals surface area contributed by atoms with Gasteiger partial charge in [-0.25, -0.2) is 0 Å². The van der Waals surface area contributed by atoms with Crippen LogP contribution < -0.4 is 5.32 Å². The standard InChI is InChI=1S/C17H27NO2/c1-12(2)15(16(19)20-17(4,5)6)18-13(3)14-10-8-7-9-11-14/h7-13,15,18H,1-6H3/t13-,15+/m1/s1.